The molecular formula is C15H21NO2. The van der Waals surface area contributed by atoms with Crippen LogP contribution < -0.4 is 14.8 Å². The van der Waals surface area contributed by atoms with Gasteiger partial charge in [0.1, 0.15) is 0 Å². The van der Waals surface area contributed by atoms with Crippen molar-refractivity contribution < 1.29 is 9.47 Å². The lowest BCUT2D eigenvalue weighted by atomic mass is 10.1. The van der Waals surface area contributed by atoms with E-state index in [4.69, 9.17) is 9.47 Å². The molecule has 0 radical (unpaired) electrons. The standard InChI is InChI=1S/C15H21NO2/c1-15(2)9-13(15)16-10-11-5-3-6-12-14(11)18-8-4-7-17-12/h3,5-6,13,16H,4,7-10H2,1-2H3. The number of hydrogen-bond acceptors (Lipinski definition) is 3. The minimum Gasteiger partial charge on any atom is -0.490 e. The number of ether oxygens (including phenoxy) is 2. The highest BCUT2D eigenvalue weighted by atomic mass is 16.5. The zero-order valence-corrected chi connectivity index (χ0v) is 11.2. The molecule has 1 heterocycles. The summed E-state index contributed by atoms with van der Waals surface area (Å²) < 4.78 is 11.5. The predicted octanol–water partition coefficient (Wildman–Crippen LogP) is 2.74. The summed E-state index contributed by atoms with van der Waals surface area (Å²) in [5.41, 5.74) is 1.67. The van der Waals surface area contributed by atoms with E-state index in [1.807, 2.05) is 12.1 Å². The van der Waals surface area contributed by atoms with Gasteiger partial charge in [0.2, 0.25) is 0 Å². The molecule has 1 unspecified atom stereocenters. The van der Waals surface area contributed by atoms with E-state index < -0.39 is 0 Å². The number of rotatable bonds is 3. The van der Waals surface area contributed by atoms with Crippen molar-refractivity contribution in [3.05, 3.63) is 23.8 Å². The second kappa shape index (κ2) is 4.47. The molecule has 0 spiro atoms. The van der Waals surface area contributed by atoms with Crippen LogP contribution in [0.1, 0.15) is 32.3 Å². The summed E-state index contributed by atoms with van der Waals surface area (Å²) in [5.74, 6) is 1.82. The van der Waals surface area contributed by atoms with Gasteiger partial charge in [0, 0.05) is 24.6 Å². The van der Waals surface area contributed by atoms with Gasteiger partial charge in [-0.15, -0.1) is 0 Å². The lowest BCUT2D eigenvalue weighted by molar-refractivity contribution is 0.296. The molecule has 3 nitrogen and oxygen atoms in total. The quantitative estimate of drug-likeness (QED) is 0.891. The Labute approximate surface area is 108 Å². The monoisotopic (exact) mass is 247 g/mol. The molecule has 0 saturated heterocycles. The average molecular weight is 247 g/mol. The second-order valence-electron chi connectivity index (χ2n) is 5.92. The molecule has 1 aliphatic heterocycles. The Hall–Kier alpha value is -1.22. The number of hydrogen-bond donors (Lipinski definition) is 1. The lowest BCUT2D eigenvalue weighted by Gasteiger charge is -2.13. The summed E-state index contributed by atoms with van der Waals surface area (Å²) in [4.78, 5) is 0. The zero-order valence-electron chi connectivity index (χ0n) is 11.2. The number of benzene rings is 1. The molecule has 0 bridgehead atoms. The minimum atomic E-state index is 0.461. The number of para-hydroxylation sites is 1. The molecule has 1 aromatic carbocycles. The maximum absolute atomic E-state index is 5.82. The Kier molecular flexibility index (Phi) is 2.94. The first-order chi connectivity index (χ1) is 8.67. The molecule has 1 atom stereocenters. The lowest BCUT2D eigenvalue weighted by Crippen LogP contribution is -2.20. The molecule has 1 fully saturated rings. The highest BCUT2D eigenvalue weighted by Gasteiger charge is 2.45. The van der Waals surface area contributed by atoms with Crippen molar-refractivity contribution in [1.82, 2.24) is 5.32 Å². The van der Waals surface area contributed by atoms with Gasteiger partial charge in [0.15, 0.2) is 11.5 Å². The van der Waals surface area contributed by atoms with Gasteiger partial charge in [-0.05, 0) is 17.9 Å². The Bertz CT molecular complexity index is 442. The number of nitrogens with one attached hydrogen (secondary N) is 1. The topological polar surface area (TPSA) is 30.5 Å². The fourth-order valence-electron chi connectivity index (χ4n) is 2.44. The van der Waals surface area contributed by atoms with E-state index >= 15 is 0 Å². The first-order valence-electron chi connectivity index (χ1n) is 6.78. The highest BCUT2D eigenvalue weighted by molar-refractivity contribution is 5.47. The molecule has 3 rings (SSSR count). The maximum Gasteiger partial charge on any atom is 0.165 e. The Morgan fingerprint density at radius 1 is 1.28 bits per heavy atom. The third kappa shape index (κ3) is 2.32. The van der Waals surface area contributed by atoms with E-state index in [9.17, 15) is 0 Å². The van der Waals surface area contributed by atoms with Crippen LogP contribution in [0, 0.1) is 5.41 Å². The molecule has 18 heavy (non-hydrogen) atoms. The van der Waals surface area contributed by atoms with E-state index in [1.54, 1.807) is 0 Å². The highest BCUT2D eigenvalue weighted by Crippen LogP contribution is 2.45. The van der Waals surface area contributed by atoms with Gasteiger partial charge in [0.25, 0.3) is 0 Å². The van der Waals surface area contributed by atoms with Crippen LogP contribution in [0.15, 0.2) is 18.2 Å². The fourth-order valence-corrected chi connectivity index (χ4v) is 2.44. The van der Waals surface area contributed by atoms with E-state index in [1.165, 1.54) is 12.0 Å². The maximum atomic E-state index is 5.82. The molecular weight excluding hydrogens is 226 g/mol. The van der Waals surface area contributed by atoms with Crippen molar-refractivity contribution in [3.63, 3.8) is 0 Å². The van der Waals surface area contributed by atoms with E-state index in [0.717, 1.165) is 37.7 Å². The van der Waals surface area contributed by atoms with Crippen LogP contribution >= 0.6 is 0 Å². The first kappa shape index (κ1) is 11.8. The van der Waals surface area contributed by atoms with Crippen molar-refractivity contribution in [3.8, 4) is 11.5 Å². The predicted molar refractivity (Wildman–Crippen MR) is 71.1 cm³/mol. The molecule has 1 aromatic rings. The van der Waals surface area contributed by atoms with Crippen LogP contribution in [0.4, 0.5) is 0 Å². The van der Waals surface area contributed by atoms with Crippen LogP contribution in [-0.4, -0.2) is 19.3 Å². The second-order valence-corrected chi connectivity index (χ2v) is 5.92. The van der Waals surface area contributed by atoms with Crippen LogP contribution in [0.5, 0.6) is 11.5 Å². The van der Waals surface area contributed by atoms with E-state index in [2.05, 4.69) is 25.2 Å². The summed E-state index contributed by atoms with van der Waals surface area (Å²) in [5, 5.41) is 3.60. The van der Waals surface area contributed by atoms with Crippen molar-refractivity contribution in [2.45, 2.75) is 39.3 Å². The van der Waals surface area contributed by atoms with E-state index in [0.29, 0.717) is 11.5 Å². The Morgan fingerprint density at radius 2 is 2.06 bits per heavy atom. The Balaban J connectivity index is 1.72. The van der Waals surface area contributed by atoms with Crippen LogP contribution in [0.25, 0.3) is 0 Å². The summed E-state index contributed by atoms with van der Waals surface area (Å²) in [6, 6.07) is 6.80. The number of fused-ring (bicyclic) bond motifs is 1. The SMILES string of the molecule is CC1(C)CC1NCc1cccc2c1OCCCO2. The third-order valence-electron chi connectivity index (χ3n) is 3.91. The molecule has 0 amide bonds. The first-order valence-corrected chi connectivity index (χ1v) is 6.78. The molecule has 1 saturated carbocycles. The minimum absolute atomic E-state index is 0.461. The van der Waals surface area contributed by atoms with Crippen molar-refractivity contribution >= 4 is 0 Å². The van der Waals surface area contributed by atoms with Crippen LogP contribution in [-0.2, 0) is 6.54 Å². The molecule has 1 N–H and O–H groups in total. The summed E-state index contributed by atoms with van der Waals surface area (Å²) >= 11 is 0. The van der Waals surface area contributed by atoms with Gasteiger partial charge in [-0.3, -0.25) is 0 Å². The summed E-state index contributed by atoms with van der Waals surface area (Å²) in [7, 11) is 0. The largest absolute Gasteiger partial charge is 0.490 e. The molecule has 1 aliphatic carbocycles. The average Bonchev–Trinajstić information content (AvgIpc) is 3.02. The molecule has 98 valence electrons. The molecule has 0 aromatic heterocycles. The van der Waals surface area contributed by atoms with Gasteiger partial charge in [-0.25, -0.2) is 0 Å². The van der Waals surface area contributed by atoms with Crippen molar-refractivity contribution in [2.75, 3.05) is 13.2 Å². The summed E-state index contributed by atoms with van der Waals surface area (Å²) in [6.07, 6.45) is 2.22. The van der Waals surface area contributed by atoms with Gasteiger partial charge in [0.05, 0.1) is 13.2 Å². The van der Waals surface area contributed by atoms with E-state index in [-0.39, 0.29) is 0 Å². The van der Waals surface area contributed by atoms with Gasteiger partial charge >= 0.3 is 0 Å². The molecule has 3 heteroatoms. The zero-order chi connectivity index (χ0) is 12.6. The van der Waals surface area contributed by atoms with Gasteiger partial charge < -0.3 is 14.8 Å². The van der Waals surface area contributed by atoms with Gasteiger partial charge in [-0.1, -0.05) is 26.0 Å². The summed E-state index contributed by atoms with van der Waals surface area (Å²) in [6.45, 7) is 6.96. The van der Waals surface area contributed by atoms with Crippen molar-refractivity contribution in [1.29, 1.82) is 0 Å². The Morgan fingerprint density at radius 3 is 2.83 bits per heavy atom. The normalized spacial score (nSPS) is 24.4. The smallest absolute Gasteiger partial charge is 0.165 e. The fraction of sp³-hybridized carbons (Fsp3) is 0.600. The van der Waals surface area contributed by atoms with Crippen molar-refractivity contribution in [2.24, 2.45) is 5.41 Å². The van der Waals surface area contributed by atoms with Gasteiger partial charge in [-0.2, -0.15) is 0 Å². The van der Waals surface area contributed by atoms with Crippen LogP contribution in [0.3, 0.4) is 0 Å². The third-order valence-corrected chi connectivity index (χ3v) is 3.91. The molecule has 2 aliphatic rings. The van der Waals surface area contributed by atoms with Crippen LogP contribution in [0.2, 0.25) is 0 Å².